The molecule has 0 aromatic heterocycles. The lowest BCUT2D eigenvalue weighted by atomic mass is 9.89. The maximum absolute atomic E-state index is 11.9. The van der Waals surface area contributed by atoms with E-state index in [1.807, 2.05) is 18.7 Å². The molecule has 2 amide bonds. The van der Waals surface area contributed by atoms with Crippen LogP contribution in [0.3, 0.4) is 0 Å². The van der Waals surface area contributed by atoms with Crippen molar-refractivity contribution in [3.8, 4) is 0 Å². The van der Waals surface area contributed by atoms with Gasteiger partial charge in [-0.2, -0.15) is 0 Å². The van der Waals surface area contributed by atoms with Crippen molar-refractivity contribution in [1.82, 2.24) is 10.2 Å². The average molecular weight is 256 g/mol. The molecule has 1 aliphatic heterocycles. The normalized spacial score (nSPS) is 17.4. The van der Waals surface area contributed by atoms with Crippen molar-refractivity contribution in [2.75, 3.05) is 26.2 Å². The van der Waals surface area contributed by atoms with E-state index >= 15 is 0 Å². The third-order valence-electron chi connectivity index (χ3n) is 3.63. The Balaban J connectivity index is 2.16. The summed E-state index contributed by atoms with van der Waals surface area (Å²) >= 11 is 0. The number of carbonyl (C=O) groups is 1. The molecule has 1 heterocycles. The molecule has 0 saturated carbocycles. The smallest absolute Gasteiger partial charge is 0.317 e. The van der Waals surface area contributed by atoms with E-state index in [-0.39, 0.29) is 18.1 Å². The zero-order chi connectivity index (χ0) is 13.4. The van der Waals surface area contributed by atoms with Gasteiger partial charge in [-0.3, -0.25) is 0 Å². The van der Waals surface area contributed by atoms with E-state index in [0.717, 1.165) is 38.8 Å². The number of carbonyl (C=O) groups excluding carboxylic acids is 1. The van der Waals surface area contributed by atoms with Crippen LogP contribution in [0.1, 0.15) is 52.4 Å². The Morgan fingerprint density at radius 3 is 2.39 bits per heavy atom. The molecule has 4 nitrogen and oxygen atoms in total. The van der Waals surface area contributed by atoms with Gasteiger partial charge >= 0.3 is 6.03 Å². The zero-order valence-corrected chi connectivity index (χ0v) is 11.9. The Labute approximate surface area is 111 Å². The van der Waals surface area contributed by atoms with Crippen LogP contribution in [0.25, 0.3) is 0 Å². The van der Waals surface area contributed by atoms with Gasteiger partial charge in [0.1, 0.15) is 0 Å². The minimum absolute atomic E-state index is 0.0344. The summed E-state index contributed by atoms with van der Waals surface area (Å²) in [4.78, 5) is 13.8. The number of amides is 2. The molecular weight excluding hydrogens is 228 g/mol. The molecule has 106 valence electrons. The second-order valence-corrected chi connectivity index (χ2v) is 6.06. The third kappa shape index (κ3) is 5.71. The van der Waals surface area contributed by atoms with E-state index in [0.29, 0.717) is 6.54 Å². The lowest BCUT2D eigenvalue weighted by Crippen LogP contribution is -2.41. The maximum Gasteiger partial charge on any atom is 0.317 e. The van der Waals surface area contributed by atoms with Crippen molar-refractivity contribution in [2.45, 2.75) is 52.4 Å². The van der Waals surface area contributed by atoms with Gasteiger partial charge in [-0.25, -0.2) is 4.79 Å². The quantitative estimate of drug-likeness (QED) is 0.742. The molecule has 0 atom stereocenters. The van der Waals surface area contributed by atoms with Gasteiger partial charge in [-0.1, -0.05) is 26.7 Å². The fourth-order valence-electron chi connectivity index (χ4n) is 2.23. The van der Waals surface area contributed by atoms with Crippen LogP contribution < -0.4 is 5.32 Å². The fraction of sp³-hybridized carbons (Fsp3) is 0.929. The Kier molecular flexibility index (Phi) is 6.47. The molecule has 4 heteroatoms. The highest BCUT2D eigenvalue weighted by atomic mass is 16.3. The molecule has 0 spiro atoms. The lowest BCUT2D eigenvalue weighted by molar-refractivity contribution is 0.147. The molecule has 1 rings (SSSR count). The van der Waals surface area contributed by atoms with Crippen molar-refractivity contribution >= 4 is 6.03 Å². The highest BCUT2D eigenvalue weighted by Crippen LogP contribution is 2.20. The van der Waals surface area contributed by atoms with Crippen molar-refractivity contribution in [1.29, 1.82) is 0 Å². The number of urea groups is 1. The largest absolute Gasteiger partial charge is 0.396 e. The minimum Gasteiger partial charge on any atom is -0.396 e. The van der Waals surface area contributed by atoms with Gasteiger partial charge in [-0.15, -0.1) is 0 Å². The summed E-state index contributed by atoms with van der Waals surface area (Å²) in [6.07, 6.45) is 6.61. The summed E-state index contributed by atoms with van der Waals surface area (Å²) in [5.41, 5.74) is -0.0344. The minimum atomic E-state index is -0.0344. The van der Waals surface area contributed by atoms with Crippen LogP contribution in [-0.2, 0) is 0 Å². The summed E-state index contributed by atoms with van der Waals surface area (Å²) in [5.74, 6) is 0. The van der Waals surface area contributed by atoms with Crippen molar-refractivity contribution in [2.24, 2.45) is 5.41 Å². The molecule has 1 saturated heterocycles. The first kappa shape index (κ1) is 15.3. The summed E-state index contributed by atoms with van der Waals surface area (Å²) in [6.45, 7) is 6.79. The van der Waals surface area contributed by atoms with Crippen LogP contribution in [0.4, 0.5) is 4.79 Å². The van der Waals surface area contributed by atoms with Gasteiger partial charge in [0.25, 0.3) is 0 Å². The van der Waals surface area contributed by atoms with E-state index < -0.39 is 0 Å². The topological polar surface area (TPSA) is 52.6 Å². The Bertz CT molecular complexity index is 246. The van der Waals surface area contributed by atoms with Gasteiger partial charge < -0.3 is 15.3 Å². The first-order chi connectivity index (χ1) is 8.55. The molecule has 0 radical (unpaired) electrons. The second kappa shape index (κ2) is 7.62. The zero-order valence-electron chi connectivity index (χ0n) is 11.9. The third-order valence-corrected chi connectivity index (χ3v) is 3.63. The number of aliphatic hydroxyl groups excluding tert-OH is 1. The van der Waals surface area contributed by atoms with Crippen molar-refractivity contribution < 1.29 is 9.90 Å². The summed E-state index contributed by atoms with van der Waals surface area (Å²) in [5, 5.41) is 12.1. The summed E-state index contributed by atoms with van der Waals surface area (Å²) in [6, 6.07) is 0.0821. The molecule has 0 aromatic rings. The summed E-state index contributed by atoms with van der Waals surface area (Å²) < 4.78 is 0. The molecule has 1 fully saturated rings. The first-order valence-electron chi connectivity index (χ1n) is 7.19. The van der Waals surface area contributed by atoms with Crippen LogP contribution in [-0.4, -0.2) is 42.3 Å². The Hall–Kier alpha value is -0.770. The average Bonchev–Trinajstić information content (AvgIpc) is 2.63. The second-order valence-electron chi connectivity index (χ2n) is 6.06. The van der Waals surface area contributed by atoms with Crippen LogP contribution in [0.2, 0.25) is 0 Å². The fourth-order valence-corrected chi connectivity index (χ4v) is 2.23. The number of hydrogen-bond acceptors (Lipinski definition) is 2. The monoisotopic (exact) mass is 256 g/mol. The standard InChI is InChI=1S/C14H28N2O2/c1-14(2,12-17)8-7-9-15-13(18)16-10-5-3-4-6-11-16/h17H,3-12H2,1-2H3,(H,15,18). The number of nitrogens with one attached hydrogen (secondary N) is 1. The van der Waals surface area contributed by atoms with Crippen LogP contribution in [0.5, 0.6) is 0 Å². The predicted octanol–water partition coefficient (Wildman–Crippen LogP) is 2.37. The van der Waals surface area contributed by atoms with Gasteiger partial charge in [0.2, 0.25) is 0 Å². The number of rotatable bonds is 5. The highest BCUT2D eigenvalue weighted by molar-refractivity contribution is 5.74. The van der Waals surface area contributed by atoms with Crippen molar-refractivity contribution in [3.63, 3.8) is 0 Å². The number of aliphatic hydroxyl groups is 1. The van der Waals surface area contributed by atoms with E-state index in [4.69, 9.17) is 5.11 Å². The number of hydrogen-bond donors (Lipinski definition) is 2. The molecule has 0 bridgehead atoms. The first-order valence-corrected chi connectivity index (χ1v) is 7.19. The van der Waals surface area contributed by atoms with Crippen LogP contribution in [0.15, 0.2) is 0 Å². The SMILES string of the molecule is CC(C)(CO)CCCNC(=O)N1CCCCCC1. The van der Waals surface area contributed by atoms with Gasteiger partial charge in [0.05, 0.1) is 0 Å². The van der Waals surface area contributed by atoms with Gasteiger partial charge in [-0.05, 0) is 31.1 Å². The van der Waals surface area contributed by atoms with E-state index in [1.165, 1.54) is 12.8 Å². The number of nitrogens with zero attached hydrogens (tertiary/aromatic N) is 1. The molecule has 18 heavy (non-hydrogen) atoms. The molecule has 2 N–H and O–H groups in total. The van der Waals surface area contributed by atoms with Crippen molar-refractivity contribution in [3.05, 3.63) is 0 Å². The Morgan fingerprint density at radius 1 is 1.22 bits per heavy atom. The maximum atomic E-state index is 11.9. The van der Waals surface area contributed by atoms with E-state index in [1.54, 1.807) is 0 Å². The van der Waals surface area contributed by atoms with Crippen LogP contribution in [0, 0.1) is 5.41 Å². The Morgan fingerprint density at radius 2 is 1.83 bits per heavy atom. The molecule has 0 unspecified atom stereocenters. The lowest BCUT2D eigenvalue weighted by Gasteiger charge is -2.23. The summed E-state index contributed by atoms with van der Waals surface area (Å²) in [7, 11) is 0. The van der Waals surface area contributed by atoms with E-state index in [2.05, 4.69) is 5.32 Å². The molecular formula is C14H28N2O2. The molecule has 0 aliphatic carbocycles. The number of likely N-dealkylation sites (tertiary alicyclic amines) is 1. The van der Waals surface area contributed by atoms with Gasteiger partial charge in [0.15, 0.2) is 0 Å². The highest BCUT2D eigenvalue weighted by Gasteiger charge is 2.17. The van der Waals surface area contributed by atoms with Crippen LogP contribution >= 0.6 is 0 Å². The van der Waals surface area contributed by atoms with E-state index in [9.17, 15) is 4.79 Å². The predicted molar refractivity (Wildman–Crippen MR) is 73.5 cm³/mol. The van der Waals surface area contributed by atoms with Gasteiger partial charge in [0, 0.05) is 26.2 Å². The molecule has 0 aromatic carbocycles. The molecule has 1 aliphatic rings.